The lowest BCUT2D eigenvalue weighted by Gasteiger charge is -2.08. The Morgan fingerprint density at radius 3 is 2.36 bits per heavy atom. The zero-order valence-electron chi connectivity index (χ0n) is 13.6. The molecule has 3 aromatic rings. The van der Waals surface area contributed by atoms with Gasteiger partial charge in [0.1, 0.15) is 22.5 Å². The van der Waals surface area contributed by atoms with E-state index in [2.05, 4.69) is 10.2 Å². The number of nitrogens with zero attached hydrogens (tertiary/aromatic N) is 3. The Balaban J connectivity index is 1.93. The van der Waals surface area contributed by atoms with Crippen molar-refractivity contribution in [3.63, 3.8) is 0 Å². The van der Waals surface area contributed by atoms with Crippen molar-refractivity contribution in [2.24, 2.45) is 0 Å². The van der Waals surface area contributed by atoms with Crippen LogP contribution in [0.3, 0.4) is 0 Å². The molecule has 0 aliphatic rings. The molecule has 0 saturated carbocycles. The number of aliphatic hydroxyl groups excluding tert-OH is 1. The van der Waals surface area contributed by atoms with Crippen LogP contribution in [-0.4, -0.2) is 38.3 Å². The van der Waals surface area contributed by atoms with Gasteiger partial charge in [0.25, 0.3) is 0 Å². The van der Waals surface area contributed by atoms with E-state index >= 15 is 0 Å². The number of carbonyl (C=O) groups is 1. The number of allylic oxidation sites excluding steroid dienone is 1. The molecular formula is C18H17N3O4. The molecule has 0 atom stereocenters. The van der Waals surface area contributed by atoms with Crippen molar-refractivity contribution in [1.29, 1.82) is 0 Å². The van der Waals surface area contributed by atoms with Crippen LogP contribution in [0.25, 0.3) is 16.7 Å². The number of aliphatic carboxylic acids is 1. The number of benzene rings is 2. The highest BCUT2D eigenvalue weighted by atomic mass is 16.5. The molecule has 0 saturated heterocycles. The van der Waals surface area contributed by atoms with Gasteiger partial charge < -0.3 is 14.9 Å². The van der Waals surface area contributed by atoms with E-state index in [0.29, 0.717) is 23.2 Å². The molecule has 3 rings (SSSR count). The Kier molecular flexibility index (Phi) is 4.65. The van der Waals surface area contributed by atoms with Gasteiger partial charge in [0.05, 0.1) is 7.11 Å². The van der Waals surface area contributed by atoms with Gasteiger partial charge in [-0.1, -0.05) is 24.3 Å². The van der Waals surface area contributed by atoms with Crippen LogP contribution >= 0.6 is 0 Å². The maximum atomic E-state index is 11.2. The summed E-state index contributed by atoms with van der Waals surface area (Å²) in [5.41, 5.74) is 2.33. The van der Waals surface area contributed by atoms with Gasteiger partial charge in [-0.25, -0.2) is 4.79 Å². The molecule has 0 radical (unpaired) electrons. The number of aryl methyl sites for hydroxylation is 1. The summed E-state index contributed by atoms with van der Waals surface area (Å²) in [7, 11) is 1.58. The summed E-state index contributed by atoms with van der Waals surface area (Å²) >= 11 is 0. The maximum Gasteiger partial charge on any atom is 0.372 e. The highest BCUT2D eigenvalue weighted by Gasteiger charge is 2.18. The average molecular weight is 339 g/mol. The molecule has 2 aromatic carbocycles. The highest BCUT2D eigenvalue weighted by Crippen LogP contribution is 2.20. The fourth-order valence-corrected chi connectivity index (χ4v) is 2.51. The van der Waals surface area contributed by atoms with Gasteiger partial charge in [0.2, 0.25) is 5.76 Å². The van der Waals surface area contributed by atoms with Gasteiger partial charge in [-0.3, -0.25) is 0 Å². The SMILES string of the molecule is COc1cccc(CCC(=C(O)C(=O)O)n2nc3ccccc3n2)c1. The van der Waals surface area contributed by atoms with Gasteiger partial charge in [-0.05, 0) is 42.7 Å². The number of ether oxygens (including phenoxy) is 1. The first kappa shape index (κ1) is 16.5. The van der Waals surface area contributed by atoms with E-state index in [-0.39, 0.29) is 12.1 Å². The molecule has 2 N–H and O–H groups in total. The summed E-state index contributed by atoms with van der Waals surface area (Å²) in [6.07, 6.45) is 0.758. The van der Waals surface area contributed by atoms with Gasteiger partial charge >= 0.3 is 5.97 Å². The fraction of sp³-hybridized carbons (Fsp3) is 0.167. The lowest BCUT2D eigenvalue weighted by Crippen LogP contribution is -2.11. The van der Waals surface area contributed by atoms with Crippen molar-refractivity contribution in [2.75, 3.05) is 7.11 Å². The quantitative estimate of drug-likeness (QED) is 0.529. The average Bonchev–Trinajstić information content (AvgIpc) is 3.05. The second kappa shape index (κ2) is 7.04. The minimum Gasteiger partial charge on any atom is -0.501 e. The van der Waals surface area contributed by atoms with Crippen LogP contribution in [0.4, 0.5) is 0 Å². The second-order valence-corrected chi connectivity index (χ2v) is 5.43. The van der Waals surface area contributed by atoms with Crippen molar-refractivity contribution in [1.82, 2.24) is 15.0 Å². The number of fused-ring (bicyclic) bond motifs is 1. The Morgan fingerprint density at radius 2 is 1.76 bits per heavy atom. The van der Waals surface area contributed by atoms with E-state index in [1.807, 2.05) is 36.4 Å². The van der Waals surface area contributed by atoms with E-state index < -0.39 is 11.7 Å². The standard InChI is InChI=1S/C18H17N3O4/c1-25-13-6-4-5-12(11-13)9-10-16(17(22)18(23)24)21-19-14-7-2-3-8-15(14)20-21/h2-8,11,22H,9-10H2,1H3,(H,23,24). The molecule has 7 nitrogen and oxygen atoms in total. The minimum absolute atomic E-state index is 0.131. The van der Waals surface area contributed by atoms with Gasteiger partial charge in [-0.15, -0.1) is 10.2 Å². The van der Waals surface area contributed by atoms with E-state index in [4.69, 9.17) is 4.74 Å². The molecule has 25 heavy (non-hydrogen) atoms. The smallest absolute Gasteiger partial charge is 0.372 e. The van der Waals surface area contributed by atoms with E-state index in [0.717, 1.165) is 5.56 Å². The number of carboxylic acid groups (broad SMARTS) is 1. The van der Waals surface area contributed by atoms with Crippen LogP contribution in [-0.2, 0) is 11.2 Å². The zero-order chi connectivity index (χ0) is 17.8. The summed E-state index contributed by atoms with van der Waals surface area (Å²) in [6, 6.07) is 14.6. The van der Waals surface area contributed by atoms with Crippen LogP contribution in [0.5, 0.6) is 5.75 Å². The summed E-state index contributed by atoms with van der Waals surface area (Å²) in [5.74, 6) is -1.46. The Bertz CT molecular complexity index is 913. The number of hydrogen-bond acceptors (Lipinski definition) is 5. The molecule has 1 heterocycles. The van der Waals surface area contributed by atoms with E-state index in [1.165, 1.54) is 4.80 Å². The largest absolute Gasteiger partial charge is 0.501 e. The zero-order valence-corrected chi connectivity index (χ0v) is 13.6. The maximum absolute atomic E-state index is 11.2. The lowest BCUT2D eigenvalue weighted by molar-refractivity contribution is -0.135. The molecular weight excluding hydrogens is 322 g/mol. The predicted octanol–water partition coefficient (Wildman–Crippen LogP) is 2.88. The van der Waals surface area contributed by atoms with Crippen molar-refractivity contribution >= 4 is 22.7 Å². The molecule has 0 unspecified atom stereocenters. The first-order valence-corrected chi connectivity index (χ1v) is 7.69. The third-order valence-electron chi connectivity index (χ3n) is 3.79. The topological polar surface area (TPSA) is 97.5 Å². The van der Waals surface area contributed by atoms with Gasteiger partial charge in [0.15, 0.2) is 0 Å². The predicted molar refractivity (Wildman–Crippen MR) is 92.3 cm³/mol. The summed E-state index contributed by atoms with van der Waals surface area (Å²) in [4.78, 5) is 12.4. The molecule has 0 aliphatic carbocycles. The van der Waals surface area contributed by atoms with Crippen LogP contribution < -0.4 is 4.74 Å². The number of aliphatic hydroxyl groups is 1. The van der Waals surface area contributed by atoms with Gasteiger partial charge in [0, 0.05) is 0 Å². The normalized spacial score (nSPS) is 12.0. The molecule has 0 aliphatic heterocycles. The number of methoxy groups -OCH3 is 1. The Labute approximate surface area is 143 Å². The van der Waals surface area contributed by atoms with Crippen molar-refractivity contribution in [3.8, 4) is 5.75 Å². The third-order valence-corrected chi connectivity index (χ3v) is 3.79. The Morgan fingerprint density at radius 1 is 1.08 bits per heavy atom. The Hall–Kier alpha value is -3.35. The molecule has 0 fully saturated rings. The number of aromatic nitrogens is 3. The number of rotatable bonds is 6. The van der Waals surface area contributed by atoms with Crippen molar-refractivity contribution in [3.05, 3.63) is 59.9 Å². The summed E-state index contributed by atoms with van der Waals surface area (Å²) in [6.45, 7) is 0. The minimum atomic E-state index is -1.41. The van der Waals surface area contributed by atoms with E-state index in [1.54, 1.807) is 19.2 Å². The number of hydrogen-bond donors (Lipinski definition) is 2. The third kappa shape index (κ3) is 3.60. The molecule has 0 amide bonds. The molecule has 0 bridgehead atoms. The first-order chi connectivity index (χ1) is 12.1. The number of carboxylic acids is 1. The van der Waals surface area contributed by atoms with Crippen LogP contribution in [0.1, 0.15) is 12.0 Å². The molecule has 128 valence electrons. The summed E-state index contributed by atoms with van der Waals surface area (Å²) < 4.78 is 5.19. The first-order valence-electron chi connectivity index (χ1n) is 7.69. The fourth-order valence-electron chi connectivity index (χ4n) is 2.51. The van der Waals surface area contributed by atoms with Gasteiger partial charge in [-0.2, -0.15) is 4.80 Å². The molecule has 7 heteroatoms. The highest BCUT2D eigenvalue weighted by molar-refractivity contribution is 5.90. The van der Waals surface area contributed by atoms with Crippen LogP contribution in [0, 0.1) is 0 Å². The lowest BCUT2D eigenvalue weighted by atomic mass is 10.1. The van der Waals surface area contributed by atoms with Crippen LogP contribution in [0.15, 0.2) is 54.3 Å². The van der Waals surface area contributed by atoms with Crippen molar-refractivity contribution in [2.45, 2.75) is 12.8 Å². The monoisotopic (exact) mass is 339 g/mol. The second-order valence-electron chi connectivity index (χ2n) is 5.43. The van der Waals surface area contributed by atoms with E-state index in [9.17, 15) is 15.0 Å². The summed E-state index contributed by atoms with van der Waals surface area (Å²) in [5, 5.41) is 27.7. The molecule has 0 spiro atoms. The van der Waals surface area contributed by atoms with Crippen LogP contribution in [0.2, 0.25) is 0 Å². The molecule has 1 aromatic heterocycles. The van der Waals surface area contributed by atoms with Crippen molar-refractivity contribution < 1.29 is 19.7 Å².